The molecule has 6 atom stereocenters. The van der Waals surface area contributed by atoms with Crippen LogP contribution in [0.3, 0.4) is 0 Å². The van der Waals surface area contributed by atoms with Crippen molar-refractivity contribution >= 4 is 0 Å². The minimum Gasteiger partial charge on any atom is -0.498 e. The monoisotopic (exact) mass is 541 g/mol. The van der Waals surface area contributed by atoms with Gasteiger partial charge in [0.2, 0.25) is 0 Å². The molecule has 0 amide bonds. The fraction of sp³-hybridized carbons (Fsp3) is 0.943. The zero-order chi connectivity index (χ0) is 27.6. The van der Waals surface area contributed by atoms with Gasteiger partial charge >= 0.3 is 0 Å². The summed E-state index contributed by atoms with van der Waals surface area (Å²) in [6, 6.07) is 1.33. The fourth-order valence-electron chi connectivity index (χ4n) is 9.31. The van der Waals surface area contributed by atoms with E-state index in [1.54, 1.807) is 5.57 Å². The van der Waals surface area contributed by atoms with Gasteiger partial charge < -0.3 is 20.3 Å². The summed E-state index contributed by atoms with van der Waals surface area (Å²) in [5.74, 6) is 7.29. The Labute approximate surface area is 241 Å². The van der Waals surface area contributed by atoms with Crippen LogP contribution in [0.4, 0.5) is 0 Å². The third kappa shape index (κ3) is 7.08. The fourth-order valence-corrected chi connectivity index (χ4v) is 9.31. The molecule has 2 N–H and O–H groups in total. The van der Waals surface area contributed by atoms with Crippen molar-refractivity contribution < 1.29 is 4.74 Å². The lowest BCUT2D eigenvalue weighted by molar-refractivity contribution is 0.0636. The maximum Gasteiger partial charge on any atom is 0.0960 e. The Bertz CT molecular complexity index is 809. The van der Waals surface area contributed by atoms with Crippen molar-refractivity contribution in [3.8, 4) is 0 Å². The second-order valence-corrected chi connectivity index (χ2v) is 15.1. The number of hydrogen-bond donors (Lipinski definition) is 2. The van der Waals surface area contributed by atoms with E-state index in [1.165, 1.54) is 102 Å². The number of likely N-dealkylation sites (tertiary alicyclic amines) is 1. The van der Waals surface area contributed by atoms with Gasteiger partial charge in [0.1, 0.15) is 0 Å². The molecule has 0 bridgehead atoms. The van der Waals surface area contributed by atoms with Crippen LogP contribution in [0.15, 0.2) is 11.3 Å². The average molecular weight is 542 g/mol. The Balaban J connectivity index is 1.07. The van der Waals surface area contributed by atoms with E-state index in [2.05, 4.69) is 57.1 Å². The molecule has 3 aliphatic carbocycles. The lowest BCUT2D eigenvalue weighted by Gasteiger charge is -2.50. The molecule has 0 aromatic carbocycles. The molecule has 0 aromatic heterocycles. The molecule has 0 radical (unpaired) electrons. The highest BCUT2D eigenvalue weighted by Gasteiger charge is 2.44. The molecule has 2 saturated carbocycles. The van der Waals surface area contributed by atoms with E-state index in [4.69, 9.17) is 4.74 Å². The number of nitrogens with zero attached hydrogens (tertiary/aromatic N) is 1. The normalized spacial score (nSPS) is 37.4. The summed E-state index contributed by atoms with van der Waals surface area (Å²) in [7, 11) is 0. The first kappa shape index (κ1) is 29.9. The summed E-state index contributed by atoms with van der Waals surface area (Å²) in [5, 5.41) is 8.10. The van der Waals surface area contributed by atoms with Crippen molar-refractivity contribution in [1.82, 2.24) is 15.5 Å². The van der Waals surface area contributed by atoms with Crippen LogP contribution in [-0.2, 0) is 4.74 Å². The minimum absolute atomic E-state index is 0.274. The van der Waals surface area contributed by atoms with Crippen molar-refractivity contribution in [2.45, 2.75) is 136 Å². The zero-order valence-electron chi connectivity index (χ0n) is 26.6. The molecule has 0 spiro atoms. The smallest absolute Gasteiger partial charge is 0.0960 e. The van der Waals surface area contributed by atoms with E-state index >= 15 is 0 Å². The number of piperidine rings is 2. The summed E-state index contributed by atoms with van der Waals surface area (Å²) in [6.07, 6.45) is 16.4. The Kier molecular flexibility index (Phi) is 10.1. The van der Waals surface area contributed by atoms with Crippen LogP contribution in [0.2, 0.25) is 0 Å². The number of ether oxygens (including phenoxy) is 1. The van der Waals surface area contributed by atoms with Crippen molar-refractivity contribution in [2.75, 3.05) is 32.8 Å². The van der Waals surface area contributed by atoms with E-state index in [-0.39, 0.29) is 5.54 Å². The Morgan fingerprint density at radius 2 is 1.79 bits per heavy atom. The first-order chi connectivity index (χ1) is 18.8. The van der Waals surface area contributed by atoms with Gasteiger partial charge in [0.05, 0.1) is 12.4 Å². The van der Waals surface area contributed by atoms with Crippen LogP contribution >= 0.6 is 0 Å². The topological polar surface area (TPSA) is 36.5 Å². The first-order valence-corrected chi connectivity index (χ1v) is 17.4. The molecule has 4 fully saturated rings. The van der Waals surface area contributed by atoms with Crippen LogP contribution in [-0.4, -0.2) is 55.3 Å². The SMILES string of the molecule is CCOC1=C(C2CCC2)[C@@H](C2CC2)C[C@@H](CN2CCC(NCCC3(C)NC(C)C(C(C)C)CC3CC)CC2)C1. The molecule has 4 heteroatoms. The van der Waals surface area contributed by atoms with Gasteiger partial charge in [-0.2, -0.15) is 0 Å². The quantitative estimate of drug-likeness (QED) is 0.270. The lowest BCUT2D eigenvalue weighted by Crippen LogP contribution is -2.61. The first-order valence-electron chi connectivity index (χ1n) is 17.4. The van der Waals surface area contributed by atoms with Gasteiger partial charge in [-0.1, -0.05) is 33.6 Å². The molecule has 0 aromatic rings. The van der Waals surface area contributed by atoms with E-state index in [1.807, 2.05) is 0 Å². The third-order valence-corrected chi connectivity index (χ3v) is 12.0. The number of rotatable bonds is 12. The molecule has 4 nitrogen and oxygen atoms in total. The van der Waals surface area contributed by atoms with Crippen molar-refractivity contribution in [3.63, 3.8) is 0 Å². The van der Waals surface area contributed by atoms with Gasteiger partial charge in [-0.25, -0.2) is 0 Å². The highest BCUT2D eigenvalue weighted by atomic mass is 16.5. The maximum atomic E-state index is 6.38. The summed E-state index contributed by atoms with van der Waals surface area (Å²) in [5.41, 5.74) is 2.07. The van der Waals surface area contributed by atoms with Crippen LogP contribution in [0, 0.1) is 41.4 Å². The zero-order valence-corrected chi connectivity index (χ0v) is 26.6. The average Bonchev–Trinajstić information content (AvgIpc) is 3.71. The van der Waals surface area contributed by atoms with E-state index in [9.17, 15) is 0 Å². The highest BCUT2D eigenvalue weighted by molar-refractivity contribution is 5.24. The molecule has 4 unspecified atom stereocenters. The third-order valence-electron chi connectivity index (χ3n) is 12.0. The summed E-state index contributed by atoms with van der Waals surface area (Å²) < 4.78 is 6.38. The van der Waals surface area contributed by atoms with Crippen molar-refractivity contribution in [2.24, 2.45) is 41.4 Å². The Hall–Kier alpha value is -0.580. The minimum atomic E-state index is 0.274. The molecular formula is C35H63N3O. The largest absolute Gasteiger partial charge is 0.498 e. The van der Waals surface area contributed by atoms with Crippen LogP contribution in [0.5, 0.6) is 0 Å². The Morgan fingerprint density at radius 1 is 1.05 bits per heavy atom. The van der Waals surface area contributed by atoms with Gasteiger partial charge in [0.25, 0.3) is 0 Å². The molecule has 5 aliphatic rings. The van der Waals surface area contributed by atoms with Crippen molar-refractivity contribution in [3.05, 3.63) is 11.3 Å². The predicted octanol–water partition coefficient (Wildman–Crippen LogP) is 7.40. The molecule has 2 saturated heterocycles. The molecule has 224 valence electrons. The lowest BCUT2D eigenvalue weighted by atomic mass is 9.67. The highest BCUT2D eigenvalue weighted by Crippen LogP contribution is 2.53. The molecule has 39 heavy (non-hydrogen) atoms. The Morgan fingerprint density at radius 3 is 2.38 bits per heavy atom. The summed E-state index contributed by atoms with van der Waals surface area (Å²) in [6.45, 7) is 20.2. The standard InChI is InChI=1S/C35H63N3O/c1-7-29-22-31(24(3)4)25(5)37-35(29,6)16-17-36-30-14-18-38(19-15-30)23-26-20-32(27-12-13-27)34(28-10-9-11-28)33(21-26)39-8-2/h24-32,36-37H,7-23H2,1-6H3/t25?,26-,29?,31?,32-,35?/m1/s1. The van der Waals surface area contributed by atoms with Crippen LogP contribution in [0.1, 0.15) is 119 Å². The van der Waals surface area contributed by atoms with Gasteiger partial charge in [-0.05, 0) is 145 Å². The van der Waals surface area contributed by atoms with Gasteiger partial charge in [-0.15, -0.1) is 0 Å². The van der Waals surface area contributed by atoms with Crippen LogP contribution < -0.4 is 10.6 Å². The van der Waals surface area contributed by atoms with E-state index < -0.39 is 0 Å². The summed E-state index contributed by atoms with van der Waals surface area (Å²) in [4.78, 5) is 2.80. The number of hydrogen-bond acceptors (Lipinski definition) is 4. The molecule has 2 heterocycles. The van der Waals surface area contributed by atoms with Gasteiger partial charge in [0, 0.05) is 30.6 Å². The second-order valence-electron chi connectivity index (χ2n) is 15.1. The summed E-state index contributed by atoms with van der Waals surface area (Å²) >= 11 is 0. The maximum absolute atomic E-state index is 6.38. The molecular weight excluding hydrogens is 478 g/mol. The van der Waals surface area contributed by atoms with Gasteiger partial charge in [0.15, 0.2) is 0 Å². The molecule has 2 aliphatic heterocycles. The van der Waals surface area contributed by atoms with E-state index in [0.717, 1.165) is 54.6 Å². The second kappa shape index (κ2) is 13.2. The number of nitrogens with one attached hydrogen (secondary N) is 2. The van der Waals surface area contributed by atoms with Gasteiger partial charge in [-0.3, -0.25) is 0 Å². The van der Waals surface area contributed by atoms with Crippen molar-refractivity contribution in [1.29, 1.82) is 0 Å². The van der Waals surface area contributed by atoms with Crippen LogP contribution in [0.25, 0.3) is 0 Å². The molecule has 5 rings (SSSR count). The predicted molar refractivity (Wildman–Crippen MR) is 165 cm³/mol. The van der Waals surface area contributed by atoms with E-state index in [0.29, 0.717) is 12.1 Å². The number of allylic oxidation sites excluding steroid dienone is 2.